The Hall–Kier alpha value is -1.90. The van der Waals surface area contributed by atoms with Crippen LogP contribution in [-0.2, 0) is 9.47 Å². The standard InChI is InChI=1S/C15H21ClN2O6/c1-15(2,3)24-14(22)18-7-10(19)11(20)8-5-9(13(21)23-4)12(16)17-6-8/h5-6,10-11,19-20H,7H2,1-4H3,(H,18,22). The molecule has 1 aromatic rings. The summed E-state index contributed by atoms with van der Waals surface area (Å²) in [5, 5.41) is 22.4. The van der Waals surface area contributed by atoms with Crippen LogP contribution in [0, 0.1) is 0 Å². The molecule has 0 spiro atoms. The molecule has 2 unspecified atom stereocenters. The number of aliphatic hydroxyl groups is 2. The summed E-state index contributed by atoms with van der Waals surface area (Å²) >= 11 is 5.79. The summed E-state index contributed by atoms with van der Waals surface area (Å²) in [5.74, 6) is -0.720. The van der Waals surface area contributed by atoms with Gasteiger partial charge in [0.05, 0.1) is 12.7 Å². The smallest absolute Gasteiger partial charge is 0.407 e. The molecule has 0 saturated heterocycles. The maximum absolute atomic E-state index is 11.6. The Morgan fingerprint density at radius 1 is 1.38 bits per heavy atom. The normalized spacial score (nSPS) is 13.8. The van der Waals surface area contributed by atoms with E-state index in [0.29, 0.717) is 0 Å². The summed E-state index contributed by atoms with van der Waals surface area (Å²) in [6.45, 7) is 4.84. The monoisotopic (exact) mass is 360 g/mol. The number of carbonyl (C=O) groups is 2. The minimum atomic E-state index is -1.40. The van der Waals surface area contributed by atoms with Crippen molar-refractivity contribution in [1.82, 2.24) is 10.3 Å². The SMILES string of the molecule is COC(=O)c1cc(C(O)C(O)CNC(=O)OC(C)(C)C)cnc1Cl. The number of rotatable bonds is 5. The van der Waals surface area contributed by atoms with Crippen molar-refractivity contribution in [2.24, 2.45) is 0 Å². The third-order valence-corrected chi connectivity index (χ3v) is 3.13. The van der Waals surface area contributed by atoms with Crippen LogP contribution in [0.4, 0.5) is 4.79 Å². The number of pyridine rings is 1. The lowest BCUT2D eigenvalue weighted by molar-refractivity contribution is 0.0127. The van der Waals surface area contributed by atoms with Crippen LogP contribution in [0.2, 0.25) is 5.15 Å². The average molecular weight is 361 g/mol. The maximum atomic E-state index is 11.6. The van der Waals surface area contributed by atoms with E-state index in [1.54, 1.807) is 20.8 Å². The molecular weight excluding hydrogens is 340 g/mol. The highest BCUT2D eigenvalue weighted by Gasteiger charge is 2.23. The first kappa shape index (κ1) is 20.1. The van der Waals surface area contributed by atoms with Crippen LogP contribution < -0.4 is 5.32 Å². The summed E-state index contributed by atoms with van der Waals surface area (Å²) in [7, 11) is 1.18. The number of aliphatic hydroxyl groups excluding tert-OH is 2. The number of methoxy groups -OCH3 is 1. The number of nitrogens with one attached hydrogen (secondary N) is 1. The molecule has 0 bridgehead atoms. The fourth-order valence-corrected chi connectivity index (χ4v) is 1.90. The molecule has 8 nitrogen and oxygen atoms in total. The molecule has 0 fully saturated rings. The zero-order valence-electron chi connectivity index (χ0n) is 13.9. The Kier molecular flexibility index (Phi) is 6.94. The van der Waals surface area contributed by atoms with Crippen LogP contribution in [0.1, 0.15) is 42.8 Å². The predicted octanol–water partition coefficient (Wildman–Crippen LogP) is 1.44. The molecule has 1 heterocycles. The van der Waals surface area contributed by atoms with E-state index in [4.69, 9.17) is 16.3 Å². The largest absolute Gasteiger partial charge is 0.465 e. The van der Waals surface area contributed by atoms with Gasteiger partial charge in [-0.15, -0.1) is 0 Å². The van der Waals surface area contributed by atoms with E-state index in [1.807, 2.05) is 0 Å². The number of hydrogen-bond acceptors (Lipinski definition) is 7. The van der Waals surface area contributed by atoms with Gasteiger partial charge in [-0.2, -0.15) is 0 Å². The zero-order chi connectivity index (χ0) is 18.5. The van der Waals surface area contributed by atoms with E-state index in [-0.39, 0.29) is 22.8 Å². The summed E-state index contributed by atoms with van der Waals surface area (Å²) in [6.07, 6.45) is -2.24. The molecule has 9 heteroatoms. The fourth-order valence-electron chi connectivity index (χ4n) is 1.71. The number of aromatic nitrogens is 1. The first-order valence-electron chi connectivity index (χ1n) is 7.12. The van der Waals surface area contributed by atoms with Crippen molar-refractivity contribution in [3.8, 4) is 0 Å². The number of halogens is 1. The van der Waals surface area contributed by atoms with Crippen molar-refractivity contribution in [3.05, 3.63) is 28.5 Å². The quantitative estimate of drug-likeness (QED) is 0.537. The zero-order valence-corrected chi connectivity index (χ0v) is 14.6. The van der Waals surface area contributed by atoms with Gasteiger partial charge >= 0.3 is 12.1 Å². The average Bonchev–Trinajstić information content (AvgIpc) is 2.50. The number of esters is 1. The molecule has 0 saturated carbocycles. The second-order valence-electron chi connectivity index (χ2n) is 5.99. The van der Waals surface area contributed by atoms with Crippen LogP contribution in [0.15, 0.2) is 12.3 Å². The minimum Gasteiger partial charge on any atom is -0.465 e. The predicted molar refractivity (Wildman–Crippen MR) is 85.8 cm³/mol. The van der Waals surface area contributed by atoms with Gasteiger partial charge in [-0.05, 0) is 26.8 Å². The van der Waals surface area contributed by atoms with Crippen molar-refractivity contribution in [3.63, 3.8) is 0 Å². The number of carbonyl (C=O) groups excluding carboxylic acids is 2. The van der Waals surface area contributed by atoms with Crippen LogP contribution in [0.3, 0.4) is 0 Å². The Balaban J connectivity index is 2.74. The Morgan fingerprint density at radius 3 is 2.54 bits per heavy atom. The van der Waals surface area contributed by atoms with E-state index in [9.17, 15) is 19.8 Å². The molecule has 134 valence electrons. The molecule has 0 radical (unpaired) electrons. The van der Waals surface area contributed by atoms with E-state index < -0.39 is 29.9 Å². The van der Waals surface area contributed by atoms with Gasteiger partial charge in [0, 0.05) is 18.3 Å². The Bertz CT molecular complexity index is 602. The number of ether oxygens (including phenoxy) is 2. The van der Waals surface area contributed by atoms with Crippen molar-refractivity contribution in [1.29, 1.82) is 0 Å². The fraction of sp³-hybridized carbons (Fsp3) is 0.533. The second-order valence-corrected chi connectivity index (χ2v) is 6.35. The van der Waals surface area contributed by atoms with Crippen molar-refractivity contribution in [2.75, 3.05) is 13.7 Å². The molecule has 0 aromatic carbocycles. The minimum absolute atomic E-state index is 0.0389. The first-order valence-corrected chi connectivity index (χ1v) is 7.49. The van der Waals surface area contributed by atoms with Gasteiger partial charge in [0.25, 0.3) is 0 Å². The van der Waals surface area contributed by atoms with Gasteiger partial charge in [0.15, 0.2) is 0 Å². The molecule has 1 amide bonds. The lowest BCUT2D eigenvalue weighted by Gasteiger charge is -2.22. The van der Waals surface area contributed by atoms with Crippen LogP contribution >= 0.6 is 11.6 Å². The van der Waals surface area contributed by atoms with E-state index >= 15 is 0 Å². The molecular formula is C15H21ClN2O6. The van der Waals surface area contributed by atoms with Gasteiger partial charge in [-0.1, -0.05) is 11.6 Å². The number of hydrogen-bond donors (Lipinski definition) is 3. The lowest BCUT2D eigenvalue weighted by Crippen LogP contribution is -2.38. The third-order valence-electron chi connectivity index (χ3n) is 2.83. The first-order chi connectivity index (χ1) is 11.0. The van der Waals surface area contributed by atoms with Gasteiger partial charge in [0.2, 0.25) is 0 Å². The van der Waals surface area contributed by atoms with Crippen molar-refractivity contribution >= 4 is 23.7 Å². The topological polar surface area (TPSA) is 118 Å². The summed E-state index contributed by atoms with van der Waals surface area (Å²) in [6, 6.07) is 1.27. The van der Waals surface area contributed by atoms with Gasteiger partial charge in [0.1, 0.15) is 23.0 Å². The van der Waals surface area contributed by atoms with E-state index in [0.717, 1.165) is 0 Å². The van der Waals surface area contributed by atoms with Gasteiger partial charge < -0.3 is 25.0 Å². The summed E-state index contributed by atoms with van der Waals surface area (Å²) in [5.41, 5.74) is -0.565. The number of nitrogens with zero attached hydrogens (tertiary/aromatic N) is 1. The molecule has 1 aromatic heterocycles. The Morgan fingerprint density at radius 2 is 2.00 bits per heavy atom. The van der Waals surface area contributed by atoms with Gasteiger partial charge in [-0.3, -0.25) is 0 Å². The maximum Gasteiger partial charge on any atom is 0.407 e. The molecule has 3 N–H and O–H groups in total. The highest BCUT2D eigenvalue weighted by Crippen LogP contribution is 2.22. The summed E-state index contributed by atoms with van der Waals surface area (Å²) in [4.78, 5) is 26.9. The highest BCUT2D eigenvalue weighted by molar-refractivity contribution is 6.32. The molecule has 1 rings (SSSR count). The second kappa shape index (κ2) is 8.27. The summed E-state index contributed by atoms with van der Waals surface area (Å²) < 4.78 is 9.58. The van der Waals surface area contributed by atoms with Crippen LogP contribution in [0.5, 0.6) is 0 Å². The van der Waals surface area contributed by atoms with Crippen molar-refractivity contribution < 1.29 is 29.3 Å². The highest BCUT2D eigenvalue weighted by atomic mass is 35.5. The molecule has 0 aliphatic carbocycles. The lowest BCUT2D eigenvalue weighted by atomic mass is 10.0. The Labute approximate surface area is 144 Å². The molecule has 0 aliphatic rings. The van der Waals surface area contributed by atoms with E-state index in [2.05, 4.69) is 15.0 Å². The number of alkyl carbamates (subject to hydrolysis) is 1. The van der Waals surface area contributed by atoms with Gasteiger partial charge in [-0.25, -0.2) is 14.6 Å². The van der Waals surface area contributed by atoms with Crippen LogP contribution in [0.25, 0.3) is 0 Å². The number of amides is 1. The molecule has 0 aliphatic heterocycles. The van der Waals surface area contributed by atoms with Crippen LogP contribution in [-0.4, -0.2) is 52.6 Å². The third kappa shape index (κ3) is 5.95. The molecule has 2 atom stereocenters. The van der Waals surface area contributed by atoms with Crippen molar-refractivity contribution in [2.45, 2.75) is 38.6 Å². The molecule has 24 heavy (non-hydrogen) atoms. The van der Waals surface area contributed by atoms with E-state index in [1.165, 1.54) is 19.4 Å².